The van der Waals surface area contributed by atoms with Crippen LogP contribution in [0.25, 0.3) is 0 Å². The molecule has 21 heavy (non-hydrogen) atoms. The number of benzene rings is 2. The fourth-order valence-corrected chi connectivity index (χ4v) is 2.82. The molecular weight excluding hydrogens is 348 g/mol. The summed E-state index contributed by atoms with van der Waals surface area (Å²) in [5.41, 5.74) is 3.52. The summed E-state index contributed by atoms with van der Waals surface area (Å²) in [5, 5.41) is 1.43. The van der Waals surface area contributed by atoms with Gasteiger partial charge >= 0.3 is 0 Å². The first kappa shape index (κ1) is 16.4. The second-order valence-corrected chi connectivity index (χ2v) is 7.23. The molecule has 0 radical (unpaired) electrons. The molecule has 0 spiro atoms. The number of alkyl halides is 1. The Kier molecular flexibility index (Phi) is 5.00. The van der Waals surface area contributed by atoms with Crippen molar-refractivity contribution in [3.63, 3.8) is 0 Å². The van der Waals surface area contributed by atoms with Crippen molar-refractivity contribution in [3.05, 3.63) is 58.1 Å². The molecule has 0 aliphatic rings. The van der Waals surface area contributed by atoms with Gasteiger partial charge in [0, 0.05) is 21.5 Å². The van der Waals surface area contributed by atoms with E-state index in [-0.39, 0.29) is 5.41 Å². The van der Waals surface area contributed by atoms with Gasteiger partial charge in [0.2, 0.25) is 0 Å². The van der Waals surface area contributed by atoms with Gasteiger partial charge in [0.1, 0.15) is 11.5 Å². The lowest BCUT2D eigenvalue weighted by Gasteiger charge is -2.24. The molecule has 1 nitrogen and oxygen atoms in total. The Morgan fingerprint density at radius 1 is 1.05 bits per heavy atom. The van der Waals surface area contributed by atoms with Gasteiger partial charge in [-0.1, -0.05) is 66.0 Å². The highest BCUT2D eigenvalue weighted by molar-refractivity contribution is 9.08. The van der Waals surface area contributed by atoms with E-state index in [1.54, 1.807) is 0 Å². The van der Waals surface area contributed by atoms with Gasteiger partial charge in [-0.2, -0.15) is 0 Å². The number of rotatable bonds is 3. The highest BCUT2D eigenvalue weighted by atomic mass is 79.9. The molecule has 0 aromatic heterocycles. The Bertz CT molecular complexity index is 644. The summed E-state index contributed by atoms with van der Waals surface area (Å²) < 4.78 is 6.18. The zero-order valence-corrected chi connectivity index (χ0v) is 15.2. The van der Waals surface area contributed by atoms with Crippen molar-refractivity contribution in [1.29, 1.82) is 0 Å². The van der Waals surface area contributed by atoms with Crippen molar-refractivity contribution in [2.75, 3.05) is 0 Å². The van der Waals surface area contributed by atoms with Crippen molar-refractivity contribution >= 4 is 27.5 Å². The molecule has 2 aromatic carbocycles. The lowest BCUT2D eigenvalue weighted by Crippen LogP contribution is -2.13. The van der Waals surface area contributed by atoms with Crippen LogP contribution in [0.5, 0.6) is 11.5 Å². The van der Waals surface area contributed by atoms with E-state index in [9.17, 15) is 0 Å². The molecule has 0 heterocycles. The summed E-state index contributed by atoms with van der Waals surface area (Å²) in [4.78, 5) is 0. The Balaban J connectivity index is 2.45. The zero-order valence-electron chi connectivity index (χ0n) is 12.8. The van der Waals surface area contributed by atoms with E-state index < -0.39 is 0 Å². The summed E-state index contributed by atoms with van der Waals surface area (Å²) >= 11 is 9.53. The van der Waals surface area contributed by atoms with Crippen LogP contribution in [0.4, 0.5) is 0 Å². The number of halogens is 2. The van der Waals surface area contributed by atoms with Crippen molar-refractivity contribution in [1.82, 2.24) is 0 Å². The lowest BCUT2D eigenvalue weighted by atomic mass is 9.85. The van der Waals surface area contributed by atoms with Gasteiger partial charge in [0.15, 0.2) is 0 Å². The van der Waals surface area contributed by atoms with Crippen LogP contribution in [0.15, 0.2) is 36.4 Å². The van der Waals surface area contributed by atoms with Crippen molar-refractivity contribution in [2.45, 2.75) is 38.4 Å². The maximum Gasteiger partial charge on any atom is 0.131 e. The Morgan fingerprint density at radius 3 is 2.33 bits per heavy atom. The molecule has 0 fully saturated rings. The van der Waals surface area contributed by atoms with Crippen LogP contribution in [-0.4, -0.2) is 0 Å². The van der Waals surface area contributed by atoms with Crippen LogP contribution in [-0.2, 0) is 10.7 Å². The molecule has 112 valence electrons. The van der Waals surface area contributed by atoms with Gasteiger partial charge in [-0.3, -0.25) is 0 Å². The van der Waals surface area contributed by atoms with E-state index in [1.807, 2.05) is 24.3 Å². The predicted octanol–water partition coefficient (Wildman–Crippen LogP) is 6.63. The average molecular weight is 368 g/mol. The second kappa shape index (κ2) is 6.41. The number of ether oxygens (including phenoxy) is 1. The molecule has 2 aromatic rings. The monoisotopic (exact) mass is 366 g/mol. The third-order valence-electron chi connectivity index (χ3n) is 3.33. The van der Waals surface area contributed by atoms with E-state index in [0.717, 1.165) is 22.1 Å². The standard InChI is InChI=1S/C18H20BrClO/c1-12-5-7-17(15(9-12)18(2,3)4)21-16-8-6-14(20)10-13(16)11-19/h5-10H,11H2,1-4H3. The first-order valence-electron chi connectivity index (χ1n) is 6.94. The van der Waals surface area contributed by atoms with Crippen LogP contribution in [0.3, 0.4) is 0 Å². The first-order valence-corrected chi connectivity index (χ1v) is 8.44. The minimum absolute atomic E-state index is 0.0301. The lowest BCUT2D eigenvalue weighted by molar-refractivity contribution is 0.452. The maximum atomic E-state index is 6.18. The van der Waals surface area contributed by atoms with Crippen LogP contribution in [0.1, 0.15) is 37.5 Å². The SMILES string of the molecule is Cc1ccc(Oc2ccc(Cl)cc2CBr)c(C(C)(C)C)c1. The minimum Gasteiger partial charge on any atom is -0.457 e. The van der Waals surface area contributed by atoms with Crippen molar-refractivity contribution < 1.29 is 4.74 Å². The van der Waals surface area contributed by atoms with E-state index in [4.69, 9.17) is 16.3 Å². The van der Waals surface area contributed by atoms with E-state index in [2.05, 4.69) is 55.8 Å². The van der Waals surface area contributed by atoms with Gasteiger partial charge in [-0.25, -0.2) is 0 Å². The zero-order chi connectivity index (χ0) is 15.6. The quantitative estimate of drug-likeness (QED) is 0.553. The smallest absolute Gasteiger partial charge is 0.131 e. The van der Waals surface area contributed by atoms with Gasteiger partial charge < -0.3 is 4.74 Å². The second-order valence-electron chi connectivity index (χ2n) is 6.24. The molecular formula is C18H20BrClO. The number of aryl methyl sites for hydroxylation is 1. The van der Waals surface area contributed by atoms with Gasteiger partial charge in [0.25, 0.3) is 0 Å². The summed E-state index contributed by atoms with van der Waals surface area (Å²) in [6.07, 6.45) is 0. The molecule has 0 bridgehead atoms. The third-order valence-corrected chi connectivity index (χ3v) is 4.17. The fraction of sp³-hybridized carbons (Fsp3) is 0.333. The third kappa shape index (κ3) is 4.02. The topological polar surface area (TPSA) is 9.23 Å². The number of hydrogen-bond acceptors (Lipinski definition) is 1. The van der Waals surface area contributed by atoms with Crippen molar-refractivity contribution in [2.24, 2.45) is 0 Å². The largest absolute Gasteiger partial charge is 0.457 e. The molecule has 0 N–H and O–H groups in total. The van der Waals surface area contributed by atoms with Crippen LogP contribution >= 0.6 is 27.5 Å². The Morgan fingerprint density at radius 2 is 1.71 bits per heavy atom. The molecule has 0 saturated heterocycles. The van der Waals surface area contributed by atoms with E-state index >= 15 is 0 Å². The van der Waals surface area contributed by atoms with Crippen LogP contribution < -0.4 is 4.74 Å². The molecule has 0 atom stereocenters. The van der Waals surface area contributed by atoms with Crippen molar-refractivity contribution in [3.8, 4) is 11.5 Å². The minimum atomic E-state index is 0.0301. The Hall–Kier alpha value is -0.990. The summed E-state index contributed by atoms with van der Waals surface area (Å²) in [7, 11) is 0. The number of hydrogen-bond donors (Lipinski definition) is 0. The highest BCUT2D eigenvalue weighted by Gasteiger charge is 2.20. The maximum absolute atomic E-state index is 6.18. The molecule has 0 amide bonds. The summed E-state index contributed by atoms with van der Waals surface area (Å²) in [6, 6.07) is 12.0. The fourth-order valence-electron chi connectivity index (χ4n) is 2.19. The van der Waals surface area contributed by atoms with Gasteiger partial charge in [-0.05, 0) is 36.6 Å². The van der Waals surface area contributed by atoms with Crippen LogP contribution in [0.2, 0.25) is 5.02 Å². The Labute approximate surface area is 140 Å². The molecule has 0 saturated carbocycles. The molecule has 0 aliphatic carbocycles. The molecule has 0 unspecified atom stereocenters. The predicted molar refractivity (Wildman–Crippen MR) is 94.0 cm³/mol. The van der Waals surface area contributed by atoms with Gasteiger partial charge in [0.05, 0.1) is 0 Å². The molecule has 3 heteroatoms. The molecule has 2 rings (SSSR count). The van der Waals surface area contributed by atoms with E-state index in [1.165, 1.54) is 11.1 Å². The van der Waals surface area contributed by atoms with Crippen LogP contribution in [0, 0.1) is 6.92 Å². The van der Waals surface area contributed by atoms with Gasteiger partial charge in [-0.15, -0.1) is 0 Å². The first-order chi connectivity index (χ1) is 9.81. The highest BCUT2D eigenvalue weighted by Crippen LogP contribution is 2.36. The molecule has 0 aliphatic heterocycles. The van der Waals surface area contributed by atoms with E-state index in [0.29, 0.717) is 5.33 Å². The summed E-state index contributed by atoms with van der Waals surface area (Å²) in [6.45, 7) is 8.69. The summed E-state index contributed by atoms with van der Waals surface area (Å²) in [5.74, 6) is 1.74. The average Bonchev–Trinajstić information content (AvgIpc) is 2.41. The normalized spacial score (nSPS) is 11.5.